The molecule has 17 nitrogen and oxygen atoms in total. The van der Waals surface area contributed by atoms with Crippen molar-refractivity contribution in [2.75, 3.05) is 36.0 Å². The molecule has 3 aliphatic heterocycles. The second kappa shape index (κ2) is 18.3. The minimum absolute atomic E-state index is 0.0386. The zero-order chi connectivity index (χ0) is 45.1. The molecule has 2 amide bonds. The van der Waals surface area contributed by atoms with Gasteiger partial charge in [0.15, 0.2) is 0 Å². The van der Waals surface area contributed by atoms with Crippen LogP contribution in [0.1, 0.15) is 96.5 Å². The van der Waals surface area contributed by atoms with Gasteiger partial charge in [-0.15, -0.1) is 5.06 Å². The van der Waals surface area contributed by atoms with Gasteiger partial charge in [-0.3, -0.25) is 18.7 Å². The molecule has 1 atom stereocenters. The van der Waals surface area contributed by atoms with E-state index in [9.17, 15) is 53.3 Å². The number of amides is 2. The Morgan fingerprint density at radius 3 is 2.21 bits per heavy atom. The molecule has 3 heterocycles. The molecule has 0 bridgehead atoms. The quantitative estimate of drug-likeness (QED) is 0.108. The van der Waals surface area contributed by atoms with Crippen LogP contribution in [0.4, 0.5) is 5.69 Å². The van der Waals surface area contributed by atoms with E-state index in [1.807, 2.05) is 35.8 Å². The Hall–Kier alpha value is -4.73. The number of nitrogens with zero attached hydrogens (tertiary/aromatic N) is 3. The van der Waals surface area contributed by atoms with Crippen LogP contribution >= 0.6 is 0 Å². The van der Waals surface area contributed by atoms with Gasteiger partial charge in [-0.25, -0.2) is 17.8 Å². The third-order valence-electron chi connectivity index (χ3n) is 10.7. The summed E-state index contributed by atoms with van der Waals surface area (Å²) in [6, 6.07) is 11.5. The number of hydroxylamine groups is 2. The molecule has 5 rings (SSSR count). The van der Waals surface area contributed by atoms with Gasteiger partial charge >= 0.3 is 5.97 Å². The number of carbonyl (C=O) groups excluding carboxylic acids is 3. The van der Waals surface area contributed by atoms with Crippen LogP contribution in [-0.2, 0) is 60.4 Å². The highest BCUT2D eigenvalue weighted by Gasteiger charge is 2.44. The average molecular weight is 906 g/mol. The maximum atomic E-state index is 12.8. The molecular weight excluding hydrogens is 855 g/mol. The maximum Gasteiger partial charge on any atom is 0.333 e. The normalized spacial score (nSPS) is 18.8. The minimum atomic E-state index is -4.92. The van der Waals surface area contributed by atoms with Crippen LogP contribution in [0, 0.1) is 0 Å². The average Bonchev–Trinajstić information content (AvgIpc) is 3.58. The summed E-state index contributed by atoms with van der Waals surface area (Å²) in [5.74, 6) is -2.07. The van der Waals surface area contributed by atoms with E-state index in [4.69, 9.17) is 9.25 Å². The van der Waals surface area contributed by atoms with Gasteiger partial charge in [0.05, 0.1) is 22.5 Å². The molecule has 332 valence electrons. The molecule has 1 unspecified atom stereocenters. The topological polar surface area (TPSA) is 249 Å². The Balaban J connectivity index is 1.58. The fourth-order valence-corrected chi connectivity index (χ4v) is 9.21. The van der Waals surface area contributed by atoms with Crippen molar-refractivity contribution in [1.29, 1.82) is 0 Å². The van der Waals surface area contributed by atoms with Crippen molar-refractivity contribution in [3.8, 4) is 11.3 Å². The minimum Gasteiger partial charge on any atom is -0.744 e. The first-order chi connectivity index (χ1) is 28.3. The van der Waals surface area contributed by atoms with Gasteiger partial charge in [0.2, 0.25) is 5.36 Å². The van der Waals surface area contributed by atoms with Crippen molar-refractivity contribution in [3.63, 3.8) is 0 Å². The highest BCUT2D eigenvalue weighted by molar-refractivity contribution is 7.86. The number of benzene rings is 2. The summed E-state index contributed by atoms with van der Waals surface area (Å²) >= 11 is 0. The summed E-state index contributed by atoms with van der Waals surface area (Å²) < 4.78 is 110. The third-order valence-corrected chi connectivity index (χ3v) is 13.1. The summed E-state index contributed by atoms with van der Waals surface area (Å²) in [6.45, 7) is 10.8. The van der Waals surface area contributed by atoms with Crippen LogP contribution in [0.15, 0.2) is 69.6 Å². The molecule has 1 fully saturated rings. The van der Waals surface area contributed by atoms with Crippen molar-refractivity contribution >= 4 is 59.9 Å². The van der Waals surface area contributed by atoms with Crippen molar-refractivity contribution in [2.24, 2.45) is 0 Å². The lowest BCUT2D eigenvalue weighted by molar-refractivity contribution is -0.197. The Morgan fingerprint density at radius 2 is 1.61 bits per heavy atom. The predicted octanol–water partition coefficient (Wildman–Crippen LogP) is 4.39. The molecular formula is C41H51N3O14S3. The van der Waals surface area contributed by atoms with E-state index in [0.29, 0.717) is 46.6 Å². The van der Waals surface area contributed by atoms with Crippen LogP contribution in [0.3, 0.4) is 0 Å². The molecule has 4 aliphatic rings. The standard InChI is InChI=1S/C41H51N3O14S3/c1-6-42(21-9-23-59(48,49)50)28-14-16-31-32(40(2,3)4)26-29(57-35(31)25-28)11-7-12-36-41(5,20-8-13-39(47)58-44-37(45)18-19-38(44)46)33-27-30(61(54,55)56)15-17-34(33)43(36)22-10-24-60(51,52)53/h7,11-12,14-17,25-27H,6,8-10,13,18-24H2,1-5H3,(H2-,48,49,50,51,52,53,54,55,56). The molecule has 0 aromatic heterocycles. The number of anilines is 1. The number of rotatable bonds is 17. The molecule has 0 radical (unpaired) electrons. The Kier molecular flexibility index (Phi) is 14.2. The van der Waals surface area contributed by atoms with Crippen molar-refractivity contribution < 1.29 is 62.5 Å². The van der Waals surface area contributed by atoms with E-state index in [1.165, 1.54) is 12.1 Å². The lowest BCUT2D eigenvalue weighted by Crippen LogP contribution is -2.32. The summed E-state index contributed by atoms with van der Waals surface area (Å²) in [7, 11) is -13.4. The SMILES string of the molecule is CC[N+](CCCS(=O)(=O)O)=c1ccc2c(C(C)(C)C)cc(C=CC=C3N(CCCS(=O)(=O)O)c4ccc(S(=O)(=O)[O-])cc4C3(C)CCCC(=O)ON3C(=O)CCC3=O)oc-2c1. The predicted molar refractivity (Wildman–Crippen MR) is 224 cm³/mol. The van der Waals surface area contributed by atoms with E-state index < -0.39 is 64.2 Å². The molecule has 2 N–H and O–H groups in total. The van der Waals surface area contributed by atoms with Gasteiger partial charge in [0, 0.05) is 60.7 Å². The lowest BCUT2D eigenvalue weighted by atomic mass is 9.77. The summed E-state index contributed by atoms with van der Waals surface area (Å²) in [4.78, 5) is 43.2. The summed E-state index contributed by atoms with van der Waals surface area (Å²) in [6.07, 6.45) is 5.20. The van der Waals surface area contributed by atoms with Crippen LogP contribution in [0.25, 0.3) is 17.4 Å². The Morgan fingerprint density at radius 1 is 0.951 bits per heavy atom. The molecule has 20 heteroatoms. The fraction of sp³-hybridized carbons (Fsp3) is 0.463. The zero-order valence-corrected chi connectivity index (χ0v) is 37.1. The van der Waals surface area contributed by atoms with Gasteiger partial charge in [0.1, 0.15) is 34.7 Å². The van der Waals surface area contributed by atoms with Gasteiger partial charge in [-0.1, -0.05) is 26.8 Å². The van der Waals surface area contributed by atoms with Crippen molar-refractivity contribution in [1.82, 2.24) is 9.64 Å². The van der Waals surface area contributed by atoms with E-state index in [0.717, 1.165) is 22.6 Å². The first-order valence-electron chi connectivity index (χ1n) is 19.7. The Labute approximate surface area is 355 Å². The Bertz CT molecular complexity index is 2630. The van der Waals surface area contributed by atoms with Gasteiger partial charge in [-0.05, 0) is 92.1 Å². The smallest absolute Gasteiger partial charge is 0.333 e. The van der Waals surface area contributed by atoms with Crippen LogP contribution < -0.4 is 14.8 Å². The second-order valence-corrected chi connectivity index (χ2v) is 20.8. The molecule has 0 saturated carbocycles. The van der Waals surface area contributed by atoms with E-state index in [-0.39, 0.29) is 62.7 Å². The first kappa shape index (κ1) is 47.3. The van der Waals surface area contributed by atoms with Gasteiger partial charge in [0.25, 0.3) is 32.1 Å². The zero-order valence-electron chi connectivity index (χ0n) is 34.6. The highest BCUT2D eigenvalue weighted by Crippen LogP contribution is 2.51. The molecule has 1 aliphatic carbocycles. The molecule has 1 saturated heterocycles. The molecule has 61 heavy (non-hydrogen) atoms. The number of carbonyl (C=O) groups is 3. The lowest BCUT2D eigenvalue weighted by Gasteiger charge is -2.30. The van der Waals surface area contributed by atoms with E-state index >= 15 is 0 Å². The number of imide groups is 1. The molecule has 0 spiro atoms. The number of allylic oxidation sites excluding steroid dienone is 3. The highest BCUT2D eigenvalue weighted by atomic mass is 32.2. The van der Waals surface area contributed by atoms with Crippen molar-refractivity contribution in [3.05, 3.63) is 82.6 Å². The summed E-state index contributed by atoms with van der Waals surface area (Å²) in [5, 5.41) is 1.23. The second-order valence-electron chi connectivity index (χ2n) is 16.3. The summed E-state index contributed by atoms with van der Waals surface area (Å²) in [5.41, 5.74) is 1.77. The number of hydrogen-bond donors (Lipinski definition) is 2. The number of fused-ring (bicyclic) bond motifs is 2. The van der Waals surface area contributed by atoms with Crippen LogP contribution in [-0.4, -0.2) is 92.9 Å². The van der Waals surface area contributed by atoms with Crippen LogP contribution in [0.2, 0.25) is 0 Å². The van der Waals surface area contributed by atoms with Crippen LogP contribution in [0.5, 0.6) is 0 Å². The van der Waals surface area contributed by atoms with E-state index in [1.54, 1.807) is 30.1 Å². The largest absolute Gasteiger partial charge is 0.744 e. The maximum absolute atomic E-state index is 12.8. The van der Waals surface area contributed by atoms with E-state index in [2.05, 4.69) is 20.8 Å². The van der Waals surface area contributed by atoms with Gasteiger partial charge < -0.3 is 18.7 Å². The monoisotopic (exact) mass is 905 g/mol. The number of hydrogen-bond acceptors (Lipinski definition) is 13. The fourth-order valence-electron chi connectivity index (χ4n) is 7.72. The first-order valence-corrected chi connectivity index (χ1v) is 24.3. The molecule has 1 aromatic rings. The van der Waals surface area contributed by atoms with Gasteiger partial charge in [-0.2, -0.15) is 16.8 Å². The molecule has 1 aromatic carbocycles. The third kappa shape index (κ3) is 11.8. The van der Waals surface area contributed by atoms with Crippen molar-refractivity contribution in [2.45, 2.75) is 95.3 Å².